The van der Waals surface area contributed by atoms with Gasteiger partial charge in [-0.05, 0) is 78.9 Å². The summed E-state index contributed by atoms with van der Waals surface area (Å²) in [6.45, 7) is 3.84. The Balaban J connectivity index is 1.80. The van der Waals surface area contributed by atoms with Gasteiger partial charge in [-0.2, -0.15) is 5.10 Å². The summed E-state index contributed by atoms with van der Waals surface area (Å²) in [5, 5.41) is 13.3. The summed E-state index contributed by atoms with van der Waals surface area (Å²) in [6.07, 6.45) is 1.57. The number of aryl methyl sites for hydroxylation is 1. The molecule has 3 aromatic rings. The second-order valence-electron chi connectivity index (χ2n) is 6.57. The molecule has 0 spiro atoms. The molecule has 1 heterocycles. The van der Waals surface area contributed by atoms with Crippen molar-refractivity contribution in [3.63, 3.8) is 0 Å². The predicted molar refractivity (Wildman–Crippen MR) is 123 cm³/mol. The molecule has 0 aliphatic heterocycles. The molecule has 1 amide bonds. The second kappa shape index (κ2) is 9.12. The van der Waals surface area contributed by atoms with Crippen molar-refractivity contribution in [1.82, 2.24) is 9.99 Å². The second-order valence-corrected chi connectivity index (χ2v) is 7.73. The lowest BCUT2D eigenvalue weighted by Gasteiger charge is -2.10. The molecule has 3 rings (SSSR count). The molecule has 1 aromatic heterocycles. The van der Waals surface area contributed by atoms with E-state index in [0.29, 0.717) is 11.3 Å². The zero-order chi connectivity index (χ0) is 21.8. The Bertz CT molecular complexity index is 1150. The zero-order valence-electron chi connectivity index (χ0n) is 16.6. The third-order valence-corrected chi connectivity index (χ3v) is 5.50. The van der Waals surface area contributed by atoms with Gasteiger partial charge in [0.2, 0.25) is 0 Å². The number of benzene rings is 2. The van der Waals surface area contributed by atoms with E-state index in [0.717, 1.165) is 26.2 Å². The molecule has 0 bridgehead atoms. The Kier molecular flexibility index (Phi) is 6.56. The summed E-state index contributed by atoms with van der Waals surface area (Å²) in [6, 6.07) is 13.8. The molecule has 0 saturated carbocycles. The van der Waals surface area contributed by atoms with Crippen LogP contribution >= 0.6 is 22.6 Å². The molecule has 2 aromatic carbocycles. The van der Waals surface area contributed by atoms with Gasteiger partial charge in [-0.15, -0.1) is 0 Å². The zero-order valence-corrected chi connectivity index (χ0v) is 18.8. The highest BCUT2D eigenvalue weighted by atomic mass is 127. The standard InChI is InChI=1S/C22H20IN3O4/c1-13-9-17(14(2)26(13)18-6-4-5-16(10-18)22(28)29)12-24-25-21(27)15-7-8-19(23)20(11-15)30-3/h4-12H,1-3H3,(H,25,27)(H,28,29)/b24-12-. The fourth-order valence-corrected chi connectivity index (χ4v) is 3.68. The topological polar surface area (TPSA) is 92.9 Å². The summed E-state index contributed by atoms with van der Waals surface area (Å²) >= 11 is 2.13. The van der Waals surface area contributed by atoms with Crippen LogP contribution in [0, 0.1) is 17.4 Å². The fraction of sp³-hybridized carbons (Fsp3) is 0.136. The summed E-state index contributed by atoms with van der Waals surface area (Å²) < 4.78 is 8.10. The van der Waals surface area contributed by atoms with E-state index in [1.165, 1.54) is 0 Å². The van der Waals surface area contributed by atoms with Gasteiger partial charge in [0.05, 0.1) is 22.5 Å². The lowest BCUT2D eigenvalue weighted by Crippen LogP contribution is -2.17. The number of nitrogens with zero attached hydrogens (tertiary/aromatic N) is 2. The first-order valence-corrected chi connectivity index (χ1v) is 10.1. The number of rotatable bonds is 6. The molecule has 0 saturated heterocycles. The van der Waals surface area contributed by atoms with Crippen LogP contribution in [0.3, 0.4) is 0 Å². The number of amides is 1. The maximum atomic E-state index is 12.4. The molecule has 2 N–H and O–H groups in total. The summed E-state index contributed by atoms with van der Waals surface area (Å²) in [5.74, 6) is -0.695. The third-order valence-electron chi connectivity index (χ3n) is 4.60. The number of carboxylic acid groups (broad SMARTS) is 1. The van der Waals surface area contributed by atoms with E-state index < -0.39 is 5.97 Å². The van der Waals surface area contributed by atoms with Crippen LogP contribution in [0.1, 0.15) is 37.7 Å². The number of nitrogens with one attached hydrogen (secondary N) is 1. The van der Waals surface area contributed by atoms with Crippen LogP contribution in [0.25, 0.3) is 5.69 Å². The van der Waals surface area contributed by atoms with Gasteiger partial charge in [-0.1, -0.05) is 6.07 Å². The Morgan fingerprint density at radius 1 is 1.13 bits per heavy atom. The van der Waals surface area contributed by atoms with Crippen LogP contribution in [0.4, 0.5) is 0 Å². The molecule has 0 aliphatic rings. The van der Waals surface area contributed by atoms with Crippen LogP contribution in [0.2, 0.25) is 0 Å². The van der Waals surface area contributed by atoms with Crippen molar-refractivity contribution in [3.05, 3.63) is 80.2 Å². The van der Waals surface area contributed by atoms with Gasteiger partial charge in [0.25, 0.3) is 5.91 Å². The smallest absolute Gasteiger partial charge is 0.335 e. The number of carbonyl (C=O) groups is 2. The summed E-state index contributed by atoms with van der Waals surface area (Å²) in [7, 11) is 1.55. The lowest BCUT2D eigenvalue weighted by atomic mass is 10.2. The van der Waals surface area contributed by atoms with Crippen LogP contribution in [0.5, 0.6) is 5.75 Å². The number of methoxy groups -OCH3 is 1. The Morgan fingerprint density at radius 3 is 2.60 bits per heavy atom. The van der Waals surface area contributed by atoms with E-state index in [9.17, 15) is 14.7 Å². The first-order valence-electron chi connectivity index (χ1n) is 9.01. The largest absolute Gasteiger partial charge is 0.496 e. The normalized spacial score (nSPS) is 10.9. The van der Waals surface area contributed by atoms with E-state index in [4.69, 9.17) is 4.74 Å². The van der Waals surface area contributed by atoms with Crippen molar-refractivity contribution in [2.45, 2.75) is 13.8 Å². The van der Waals surface area contributed by atoms with Gasteiger partial charge in [-0.3, -0.25) is 4.79 Å². The quantitative estimate of drug-likeness (QED) is 0.292. The molecule has 0 radical (unpaired) electrons. The molecular weight excluding hydrogens is 497 g/mol. The SMILES string of the molecule is COc1cc(C(=O)N/N=C\c2cc(C)n(-c3cccc(C(=O)O)c3)c2C)ccc1I. The number of aromatic nitrogens is 1. The van der Waals surface area contributed by atoms with E-state index in [2.05, 4.69) is 33.1 Å². The third kappa shape index (κ3) is 4.54. The van der Waals surface area contributed by atoms with Gasteiger partial charge < -0.3 is 14.4 Å². The maximum absolute atomic E-state index is 12.4. The highest BCUT2D eigenvalue weighted by molar-refractivity contribution is 14.1. The summed E-state index contributed by atoms with van der Waals surface area (Å²) in [4.78, 5) is 23.6. The molecule has 0 aliphatic carbocycles. The van der Waals surface area contributed by atoms with Crippen LogP contribution < -0.4 is 10.2 Å². The van der Waals surface area contributed by atoms with E-state index in [1.807, 2.05) is 30.5 Å². The highest BCUT2D eigenvalue weighted by Crippen LogP contribution is 2.22. The molecular formula is C22H20IN3O4. The van der Waals surface area contributed by atoms with Gasteiger partial charge in [0, 0.05) is 28.2 Å². The van der Waals surface area contributed by atoms with Gasteiger partial charge in [0.1, 0.15) is 5.75 Å². The van der Waals surface area contributed by atoms with Gasteiger partial charge in [-0.25, -0.2) is 10.2 Å². The van der Waals surface area contributed by atoms with Crippen molar-refractivity contribution in [3.8, 4) is 11.4 Å². The number of carbonyl (C=O) groups excluding carboxylic acids is 1. The minimum absolute atomic E-state index is 0.218. The molecule has 8 heteroatoms. The number of aromatic carboxylic acids is 1. The lowest BCUT2D eigenvalue weighted by molar-refractivity contribution is 0.0696. The molecule has 0 unspecified atom stereocenters. The van der Waals surface area contributed by atoms with E-state index in [1.54, 1.807) is 49.7 Å². The van der Waals surface area contributed by atoms with Crippen molar-refractivity contribution in [1.29, 1.82) is 0 Å². The minimum Gasteiger partial charge on any atom is -0.496 e. The first kappa shape index (κ1) is 21.6. The Labute approximate surface area is 187 Å². The number of halogens is 1. The summed E-state index contributed by atoms with van der Waals surface area (Å²) in [5.41, 5.74) is 6.55. The predicted octanol–water partition coefficient (Wildman–Crippen LogP) is 4.17. The van der Waals surface area contributed by atoms with Crippen molar-refractivity contribution in [2.24, 2.45) is 5.10 Å². The van der Waals surface area contributed by atoms with Crippen LogP contribution in [0.15, 0.2) is 53.6 Å². The van der Waals surface area contributed by atoms with Crippen LogP contribution in [-0.2, 0) is 0 Å². The van der Waals surface area contributed by atoms with E-state index >= 15 is 0 Å². The van der Waals surface area contributed by atoms with Crippen molar-refractivity contribution >= 4 is 40.7 Å². The van der Waals surface area contributed by atoms with Gasteiger partial charge >= 0.3 is 5.97 Å². The monoisotopic (exact) mass is 517 g/mol. The minimum atomic E-state index is -0.976. The van der Waals surface area contributed by atoms with E-state index in [-0.39, 0.29) is 11.5 Å². The molecule has 0 fully saturated rings. The highest BCUT2D eigenvalue weighted by Gasteiger charge is 2.12. The van der Waals surface area contributed by atoms with Crippen LogP contribution in [-0.4, -0.2) is 34.9 Å². The number of carboxylic acids is 1. The van der Waals surface area contributed by atoms with Gasteiger partial charge in [0.15, 0.2) is 0 Å². The fourth-order valence-electron chi connectivity index (χ4n) is 3.12. The Hall–Kier alpha value is -3.14. The molecule has 154 valence electrons. The number of hydrazone groups is 1. The average Bonchev–Trinajstić information content (AvgIpc) is 3.01. The Morgan fingerprint density at radius 2 is 1.90 bits per heavy atom. The molecule has 30 heavy (non-hydrogen) atoms. The molecule has 0 atom stereocenters. The number of ether oxygens (including phenoxy) is 1. The maximum Gasteiger partial charge on any atom is 0.335 e. The number of hydrogen-bond donors (Lipinski definition) is 2. The average molecular weight is 517 g/mol. The molecule has 7 nitrogen and oxygen atoms in total. The van der Waals surface area contributed by atoms with Crippen molar-refractivity contribution < 1.29 is 19.4 Å². The van der Waals surface area contributed by atoms with Crippen molar-refractivity contribution in [2.75, 3.05) is 7.11 Å². The first-order chi connectivity index (χ1) is 14.3. The number of hydrogen-bond acceptors (Lipinski definition) is 4.